The molecule has 18 heavy (non-hydrogen) atoms. The van der Waals surface area contributed by atoms with Gasteiger partial charge in [-0.3, -0.25) is 4.79 Å². The van der Waals surface area contributed by atoms with Crippen molar-refractivity contribution in [1.82, 2.24) is 4.90 Å². The minimum absolute atomic E-state index is 0.0768. The van der Waals surface area contributed by atoms with Crippen molar-refractivity contribution in [3.63, 3.8) is 0 Å². The van der Waals surface area contributed by atoms with Gasteiger partial charge < -0.3 is 10.6 Å². The second-order valence-corrected chi connectivity index (χ2v) is 6.65. The van der Waals surface area contributed by atoms with E-state index in [0.717, 1.165) is 29.7 Å². The maximum absolute atomic E-state index is 12.5. The Hall–Kier alpha value is -0.680. The normalized spacial score (nSPS) is 19.9. The van der Waals surface area contributed by atoms with Crippen molar-refractivity contribution in [3.05, 3.63) is 28.2 Å². The Morgan fingerprint density at radius 2 is 2.39 bits per heavy atom. The lowest BCUT2D eigenvalue weighted by molar-refractivity contribution is 0.0760. The zero-order valence-electron chi connectivity index (χ0n) is 10.4. The summed E-state index contributed by atoms with van der Waals surface area (Å²) in [4.78, 5) is 14.4. The third-order valence-corrected chi connectivity index (χ3v) is 5.17. The lowest BCUT2D eigenvalue weighted by atomic mass is 10.1. The lowest BCUT2D eigenvalue weighted by Crippen LogP contribution is -2.41. The Labute approximate surface area is 120 Å². The largest absolute Gasteiger partial charge is 0.399 e. The number of carbonyl (C=O) groups excluding carboxylic acids is 1. The summed E-state index contributed by atoms with van der Waals surface area (Å²) in [5, 5.41) is 0.558. The summed E-state index contributed by atoms with van der Waals surface area (Å²) in [6.45, 7) is 3.82. The van der Waals surface area contributed by atoms with Gasteiger partial charge in [-0.1, -0.05) is 6.92 Å². The van der Waals surface area contributed by atoms with Gasteiger partial charge in [0.1, 0.15) is 0 Å². The summed E-state index contributed by atoms with van der Waals surface area (Å²) in [6, 6.07) is 5.37. The van der Waals surface area contributed by atoms with Crippen LogP contribution in [0, 0.1) is 0 Å². The second kappa shape index (κ2) is 5.97. The van der Waals surface area contributed by atoms with Crippen LogP contribution < -0.4 is 5.73 Å². The summed E-state index contributed by atoms with van der Waals surface area (Å²) in [5.41, 5.74) is 7.04. The Kier molecular flexibility index (Phi) is 4.56. The van der Waals surface area contributed by atoms with Gasteiger partial charge in [0, 0.05) is 34.3 Å². The fraction of sp³-hybridized carbons (Fsp3) is 0.462. The van der Waals surface area contributed by atoms with Crippen LogP contribution in [0.3, 0.4) is 0 Å². The molecule has 0 radical (unpaired) electrons. The van der Waals surface area contributed by atoms with Crippen molar-refractivity contribution in [2.24, 2.45) is 0 Å². The molecule has 1 atom stereocenters. The van der Waals surface area contributed by atoms with Gasteiger partial charge in [0.15, 0.2) is 0 Å². The average molecular weight is 329 g/mol. The highest BCUT2D eigenvalue weighted by atomic mass is 79.9. The van der Waals surface area contributed by atoms with E-state index in [9.17, 15) is 4.79 Å². The number of nitrogens with zero attached hydrogens (tertiary/aromatic N) is 1. The molecule has 1 unspecified atom stereocenters. The molecule has 1 aliphatic rings. The summed E-state index contributed by atoms with van der Waals surface area (Å²) in [7, 11) is 0. The summed E-state index contributed by atoms with van der Waals surface area (Å²) in [6.07, 6.45) is 1.10. The molecule has 98 valence electrons. The number of anilines is 1. The molecule has 0 saturated carbocycles. The zero-order valence-corrected chi connectivity index (χ0v) is 12.8. The van der Waals surface area contributed by atoms with Gasteiger partial charge in [-0.15, -0.1) is 0 Å². The number of nitrogens with two attached hydrogens (primary N) is 1. The van der Waals surface area contributed by atoms with Gasteiger partial charge in [-0.05, 0) is 40.5 Å². The van der Waals surface area contributed by atoms with Gasteiger partial charge in [0.05, 0.1) is 5.56 Å². The molecule has 2 rings (SSSR count). The first kappa shape index (κ1) is 13.7. The molecular formula is C13H17BrN2OS. The standard InChI is InChI=1S/C13H17BrN2OS/c1-2-10-8-16(5-6-18-10)13(17)11-7-9(15)3-4-12(11)14/h3-4,7,10H,2,5-6,8,15H2,1H3. The van der Waals surface area contributed by atoms with Crippen LogP contribution in [0.15, 0.2) is 22.7 Å². The number of nitrogen functional groups attached to an aromatic ring is 1. The van der Waals surface area contributed by atoms with E-state index >= 15 is 0 Å². The maximum atomic E-state index is 12.5. The van der Waals surface area contributed by atoms with Crippen molar-refractivity contribution < 1.29 is 4.79 Å². The lowest BCUT2D eigenvalue weighted by Gasteiger charge is -2.32. The molecule has 0 bridgehead atoms. The highest BCUT2D eigenvalue weighted by Crippen LogP contribution is 2.25. The molecule has 2 N–H and O–H groups in total. The van der Waals surface area contributed by atoms with Crippen molar-refractivity contribution in [1.29, 1.82) is 0 Å². The molecule has 1 amide bonds. The first-order chi connectivity index (χ1) is 8.61. The average Bonchev–Trinajstić information content (AvgIpc) is 2.41. The van der Waals surface area contributed by atoms with Gasteiger partial charge in [-0.2, -0.15) is 11.8 Å². The highest BCUT2D eigenvalue weighted by molar-refractivity contribution is 9.10. The van der Waals surface area contributed by atoms with Gasteiger partial charge in [-0.25, -0.2) is 0 Å². The van der Waals surface area contributed by atoms with E-state index in [4.69, 9.17) is 5.73 Å². The quantitative estimate of drug-likeness (QED) is 0.849. The smallest absolute Gasteiger partial charge is 0.255 e. The highest BCUT2D eigenvalue weighted by Gasteiger charge is 2.25. The van der Waals surface area contributed by atoms with Crippen LogP contribution in [0.1, 0.15) is 23.7 Å². The molecule has 0 aromatic heterocycles. The van der Waals surface area contributed by atoms with Crippen molar-refractivity contribution in [2.75, 3.05) is 24.6 Å². The number of amides is 1. The molecule has 0 aliphatic carbocycles. The van der Waals surface area contributed by atoms with E-state index < -0.39 is 0 Å². The monoisotopic (exact) mass is 328 g/mol. The number of benzene rings is 1. The van der Waals surface area contributed by atoms with E-state index in [1.807, 2.05) is 22.7 Å². The van der Waals surface area contributed by atoms with Crippen molar-refractivity contribution in [2.45, 2.75) is 18.6 Å². The number of carbonyl (C=O) groups is 1. The minimum Gasteiger partial charge on any atom is -0.399 e. The molecule has 1 aromatic carbocycles. The van der Waals surface area contributed by atoms with Crippen molar-refractivity contribution >= 4 is 39.3 Å². The van der Waals surface area contributed by atoms with Crippen LogP contribution in [-0.4, -0.2) is 34.9 Å². The number of hydrogen-bond donors (Lipinski definition) is 1. The second-order valence-electron chi connectivity index (χ2n) is 4.39. The summed E-state index contributed by atoms with van der Waals surface area (Å²) in [5.74, 6) is 1.09. The van der Waals surface area contributed by atoms with E-state index in [2.05, 4.69) is 22.9 Å². The molecular weight excluding hydrogens is 312 g/mol. The third-order valence-electron chi connectivity index (χ3n) is 3.10. The SMILES string of the molecule is CCC1CN(C(=O)c2cc(N)ccc2Br)CCS1. The Morgan fingerprint density at radius 3 is 3.11 bits per heavy atom. The predicted molar refractivity (Wildman–Crippen MR) is 81.0 cm³/mol. The van der Waals surface area contributed by atoms with Gasteiger partial charge >= 0.3 is 0 Å². The number of hydrogen-bond acceptors (Lipinski definition) is 3. The molecule has 3 nitrogen and oxygen atoms in total. The Morgan fingerprint density at radius 1 is 1.61 bits per heavy atom. The summed E-state index contributed by atoms with van der Waals surface area (Å²) >= 11 is 5.38. The summed E-state index contributed by atoms with van der Waals surface area (Å²) < 4.78 is 0.813. The molecule has 5 heteroatoms. The molecule has 0 spiro atoms. The zero-order chi connectivity index (χ0) is 13.1. The van der Waals surface area contributed by atoms with Crippen LogP contribution in [-0.2, 0) is 0 Å². The van der Waals surface area contributed by atoms with Crippen LogP contribution in [0.25, 0.3) is 0 Å². The molecule has 1 aromatic rings. The first-order valence-electron chi connectivity index (χ1n) is 6.07. The van der Waals surface area contributed by atoms with Crippen LogP contribution in [0.4, 0.5) is 5.69 Å². The van der Waals surface area contributed by atoms with E-state index in [0.29, 0.717) is 16.5 Å². The van der Waals surface area contributed by atoms with Gasteiger partial charge in [0.25, 0.3) is 5.91 Å². The third kappa shape index (κ3) is 3.01. The first-order valence-corrected chi connectivity index (χ1v) is 7.92. The molecule has 1 saturated heterocycles. The number of rotatable bonds is 2. The van der Waals surface area contributed by atoms with E-state index in [1.165, 1.54) is 0 Å². The number of thioether (sulfide) groups is 1. The van der Waals surface area contributed by atoms with E-state index in [-0.39, 0.29) is 5.91 Å². The fourth-order valence-electron chi connectivity index (χ4n) is 2.03. The Bertz CT molecular complexity index is 453. The number of halogens is 1. The van der Waals surface area contributed by atoms with Crippen molar-refractivity contribution in [3.8, 4) is 0 Å². The minimum atomic E-state index is 0.0768. The fourth-order valence-corrected chi connectivity index (χ4v) is 3.62. The van der Waals surface area contributed by atoms with E-state index in [1.54, 1.807) is 12.1 Å². The maximum Gasteiger partial charge on any atom is 0.255 e. The van der Waals surface area contributed by atoms with Crippen LogP contribution >= 0.6 is 27.7 Å². The Balaban J connectivity index is 2.17. The van der Waals surface area contributed by atoms with Crippen LogP contribution in [0.5, 0.6) is 0 Å². The molecule has 1 heterocycles. The van der Waals surface area contributed by atoms with Gasteiger partial charge in [0.2, 0.25) is 0 Å². The predicted octanol–water partition coefficient (Wildman–Crippen LogP) is 3.00. The molecule has 1 fully saturated rings. The topological polar surface area (TPSA) is 46.3 Å². The molecule has 1 aliphatic heterocycles. The van der Waals surface area contributed by atoms with Crippen LogP contribution in [0.2, 0.25) is 0 Å².